The lowest BCUT2D eigenvalue weighted by Crippen LogP contribution is -1.96. The largest absolute Gasteiger partial charge is 0.494 e. The van der Waals surface area contributed by atoms with Crippen LogP contribution in [0.5, 0.6) is 5.75 Å². The highest BCUT2D eigenvalue weighted by atomic mass is 79.9. The summed E-state index contributed by atoms with van der Waals surface area (Å²) in [6.45, 7) is 2.56. The minimum absolute atomic E-state index is 0.305. The summed E-state index contributed by atoms with van der Waals surface area (Å²) in [5.74, 6) is 0.497. The number of hydrogen-bond donors (Lipinski definition) is 0. The average molecular weight is 344 g/mol. The quantitative estimate of drug-likeness (QED) is 0.683. The second-order valence-corrected chi connectivity index (χ2v) is 5.42. The molecule has 4 heteroatoms. The van der Waals surface area contributed by atoms with E-state index in [1.807, 2.05) is 37.3 Å². The summed E-state index contributed by atoms with van der Waals surface area (Å²) in [7, 11) is 0. The normalized spacial score (nSPS) is 12.2. The molecule has 0 fully saturated rings. The van der Waals surface area contributed by atoms with Gasteiger partial charge in [-0.25, -0.2) is 4.39 Å². The highest BCUT2D eigenvalue weighted by Crippen LogP contribution is 2.31. The van der Waals surface area contributed by atoms with Crippen LogP contribution in [0.1, 0.15) is 23.4 Å². The molecule has 100 valence electrons. The van der Waals surface area contributed by atoms with Gasteiger partial charge in [0.15, 0.2) is 0 Å². The van der Waals surface area contributed by atoms with Gasteiger partial charge in [0.1, 0.15) is 11.6 Å². The summed E-state index contributed by atoms with van der Waals surface area (Å²) in [4.78, 5) is 0. The Hall–Kier alpha value is -1.06. The summed E-state index contributed by atoms with van der Waals surface area (Å²) in [5.41, 5.74) is 1.63. The second kappa shape index (κ2) is 6.40. The molecule has 1 atom stereocenters. The van der Waals surface area contributed by atoms with Crippen LogP contribution in [-0.2, 0) is 0 Å². The first-order valence-electron chi connectivity index (χ1n) is 5.93. The van der Waals surface area contributed by atoms with Crippen molar-refractivity contribution in [3.63, 3.8) is 0 Å². The van der Waals surface area contributed by atoms with Crippen LogP contribution in [0.3, 0.4) is 0 Å². The van der Waals surface area contributed by atoms with Crippen LogP contribution >= 0.6 is 27.5 Å². The molecule has 0 amide bonds. The number of rotatable bonds is 4. The van der Waals surface area contributed by atoms with Gasteiger partial charge in [0.2, 0.25) is 0 Å². The molecule has 0 bridgehead atoms. The molecule has 0 saturated carbocycles. The molecule has 0 saturated heterocycles. The van der Waals surface area contributed by atoms with E-state index in [1.54, 1.807) is 0 Å². The minimum Gasteiger partial charge on any atom is -0.494 e. The maximum Gasteiger partial charge on any atom is 0.124 e. The summed E-state index contributed by atoms with van der Waals surface area (Å²) in [5, 5.41) is -0.386. The summed E-state index contributed by atoms with van der Waals surface area (Å²) in [6, 6.07) is 12.2. The summed E-state index contributed by atoms with van der Waals surface area (Å²) < 4.78 is 19.4. The average Bonchev–Trinajstić information content (AvgIpc) is 2.38. The second-order valence-electron chi connectivity index (χ2n) is 4.07. The highest BCUT2D eigenvalue weighted by Gasteiger charge is 2.12. The van der Waals surface area contributed by atoms with Crippen molar-refractivity contribution >= 4 is 27.5 Å². The Morgan fingerprint density at radius 2 is 1.84 bits per heavy atom. The minimum atomic E-state index is -0.386. The molecule has 1 unspecified atom stereocenters. The van der Waals surface area contributed by atoms with E-state index < -0.39 is 0 Å². The molecule has 0 aliphatic carbocycles. The van der Waals surface area contributed by atoms with Crippen molar-refractivity contribution < 1.29 is 9.13 Å². The molecule has 0 N–H and O–H groups in total. The van der Waals surface area contributed by atoms with E-state index in [4.69, 9.17) is 16.3 Å². The van der Waals surface area contributed by atoms with Crippen molar-refractivity contribution in [3.05, 3.63) is 63.9 Å². The zero-order valence-corrected chi connectivity index (χ0v) is 12.7. The van der Waals surface area contributed by atoms with Gasteiger partial charge < -0.3 is 4.74 Å². The number of hydrogen-bond acceptors (Lipinski definition) is 1. The first-order valence-corrected chi connectivity index (χ1v) is 7.16. The number of halogens is 3. The smallest absolute Gasteiger partial charge is 0.124 e. The molecular formula is C15H13BrClFO. The molecule has 0 aromatic heterocycles. The fourth-order valence-electron chi connectivity index (χ4n) is 1.81. The fourth-order valence-corrected chi connectivity index (χ4v) is 2.57. The third-order valence-electron chi connectivity index (χ3n) is 2.66. The van der Waals surface area contributed by atoms with Crippen LogP contribution in [-0.4, -0.2) is 6.61 Å². The Kier molecular flexibility index (Phi) is 4.83. The van der Waals surface area contributed by atoms with E-state index in [-0.39, 0.29) is 11.2 Å². The van der Waals surface area contributed by atoms with Gasteiger partial charge in [-0.05, 0) is 48.4 Å². The lowest BCUT2D eigenvalue weighted by molar-refractivity contribution is 0.340. The summed E-state index contributed by atoms with van der Waals surface area (Å²) >= 11 is 9.64. The monoisotopic (exact) mass is 342 g/mol. The van der Waals surface area contributed by atoms with E-state index in [0.717, 1.165) is 16.9 Å². The maximum absolute atomic E-state index is 13.4. The Morgan fingerprint density at radius 1 is 1.16 bits per heavy atom. The van der Waals surface area contributed by atoms with Crippen molar-refractivity contribution in [2.75, 3.05) is 6.61 Å². The van der Waals surface area contributed by atoms with Crippen LogP contribution in [0.2, 0.25) is 0 Å². The van der Waals surface area contributed by atoms with Crippen LogP contribution in [0.15, 0.2) is 46.9 Å². The van der Waals surface area contributed by atoms with Gasteiger partial charge >= 0.3 is 0 Å². The molecular weight excluding hydrogens is 331 g/mol. The third-order valence-corrected chi connectivity index (χ3v) is 3.62. The third kappa shape index (κ3) is 3.71. The molecule has 2 rings (SSSR count). The standard InChI is InChI=1S/C15H13BrClFO/c1-2-19-14-5-3-10(4-6-14)15(17)11-7-12(16)9-13(18)8-11/h3-9,15H,2H2,1H3. The highest BCUT2D eigenvalue weighted by molar-refractivity contribution is 9.10. The van der Waals surface area contributed by atoms with Crippen LogP contribution in [0, 0.1) is 5.82 Å². The molecule has 2 aromatic rings. The van der Waals surface area contributed by atoms with Crippen molar-refractivity contribution in [2.45, 2.75) is 12.3 Å². The lowest BCUT2D eigenvalue weighted by Gasteiger charge is -2.12. The van der Waals surface area contributed by atoms with Gasteiger partial charge in [-0.3, -0.25) is 0 Å². The van der Waals surface area contributed by atoms with Gasteiger partial charge in [0.25, 0.3) is 0 Å². The Morgan fingerprint density at radius 3 is 2.42 bits per heavy atom. The molecule has 2 aromatic carbocycles. The van der Waals surface area contributed by atoms with Gasteiger partial charge in [-0.15, -0.1) is 11.6 Å². The predicted octanol–water partition coefficient (Wildman–Crippen LogP) is 5.32. The van der Waals surface area contributed by atoms with Gasteiger partial charge in [0, 0.05) is 4.47 Å². The molecule has 19 heavy (non-hydrogen) atoms. The first-order chi connectivity index (χ1) is 9.10. The van der Waals surface area contributed by atoms with Crippen molar-refractivity contribution in [2.24, 2.45) is 0 Å². The van der Waals surface area contributed by atoms with E-state index >= 15 is 0 Å². The Labute approximate surface area is 125 Å². The molecule has 0 aliphatic heterocycles. The van der Waals surface area contributed by atoms with Gasteiger partial charge in [0.05, 0.1) is 12.0 Å². The van der Waals surface area contributed by atoms with Crippen LogP contribution in [0.4, 0.5) is 4.39 Å². The predicted molar refractivity (Wildman–Crippen MR) is 79.4 cm³/mol. The topological polar surface area (TPSA) is 9.23 Å². The van der Waals surface area contributed by atoms with E-state index in [0.29, 0.717) is 11.1 Å². The van der Waals surface area contributed by atoms with Gasteiger partial charge in [-0.1, -0.05) is 28.1 Å². The zero-order valence-electron chi connectivity index (χ0n) is 10.4. The molecule has 0 aliphatic rings. The van der Waals surface area contributed by atoms with E-state index in [2.05, 4.69) is 15.9 Å². The zero-order chi connectivity index (χ0) is 13.8. The lowest BCUT2D eigenvalue weighted by atomic mass is 10.0. The van der Waals surface area contributed by atoms with E-state index in [9.17, 15) is 4.39 Å². The van der Waals surface area contributed by atoms with Crippen molar-refractivity contribution in [1.82, 2.24) is 0 Å². The first kappa shape index (κ1) is 14.4. The maximum atomic E-state index is 13.4. The molecule has 0 radical (unpaired) electrons. The Balaban J connectivity index is 2.25. The molecule has 1 nitrogen and oxygen atoms in total. The van der Waals surface area contributed by atoms with Crippen LogP contribution < -0.4 is 4.74 Å². The van der Waals surface area contributed by atoms with Crippen LogP contribution in [0.25, 0.3) is 0 Å². The molecule has 0 heterocycles. The molecule has 0 spiro atoms. The van der Waals surface area contributed by atoms with E-state index in [1.165, 1.54) is 12.1 Å². The number of ether oxygens (including phenoxy) is 1. The SMILES string of the molecule is CCOc1ccc(C(Cl)c2cc(F)cc(Br)c2)cc1. The fraction of sp³-hybridized carbons (Fsp3) is 0.200. The number of benzene rings is 2. The van der Waals surface area contributed by atoms with Gasteiger partial charge in [-0.2, -0.15) is 0 Å². The summed E-state index contributed by atoms with van der Waals surface area (Å²) in [6.07, 6.45) is 0. The van der Waals surface area contributed by atoms with Crippen molar-refractivity contribution in [1.29, 1.82) is 0 Å². The Bertz CT molecular complexity index is 536. The number of alkyl halides is 1. The van der Waals surface area contributed by atoms with Crippen molar-refractivity contribution in [3.8, 4) is 5.75 Å².